The molecule has 0 aliphatic carbocycles. The summed E-state index contributed by atoms with van der Waals surface area (Å²) in [5.74, 6) is 0.0247. The molecule has 0 saturated carbocycles. The highest BCUT2D eigenvalue weighted by molar-refractivity contribution is 7.09. The van der Waals surface area contributed by atoms with E-state index in [1.807, 2.05) is 22.4 Å². The Labute approximate surface area is 128 Å². The molecular formula is C16H19N3OS. The van der Waals surface area contributed by atoms with Gasteiger partial charge in [-0.2, -0.15) is 0 Å². The lowest BCUT2D eigenvalue weighted by Gasteiger charge is -2.25. The number of carbonyl (C=O) groups is 1. The topological polar surface area (TPSA) is 59.2 Å². The van der Waals surface area contributed by atoms with Crippen molar-refractivity contribution < 1.29 is 4.79 Å². The summed E-state index contributed by atoms with van der Waals surface area (Å²) in [6.07, 6.45) is 2.06. The molecule has 1 aromatic heterocycles. The van der Waals surface area contributed by atoms with E-state index in [4.69, 9.17) is 5.73 Å². The molecule has 0 radical (unpaired) electrons. The van der Waals surface area contributed by atoms with Gasteiger partial charge in [-0.05, 0) is 30.9 Å². The average Bonchev–Trinajstić information content (AvgIpc) is 3.16. The first-order valence-electron chi connectivity index (χ1n) is 7.21. The number of benzene rings is 1. The van der Waals surface area contributed by atoms with E-state index in [2.05, 4.69) is 24.0 Å². The number of nitrogens with two attached hydrogens (primary N) is 1. The molecule has 1 aliphatic rings. The van der Waals surface area contributed by atoms with E-state index in [9.17, 15) is 4.79 Å². The molecule has 1 aromatic carbocycles. The molecule has 5 heteroatoms. The Morgan fingerprint density at radius 3 is 3.00 bits per heavy atom. The first kappa shape index (κ1) is 14.2. The van der Waals surface area contributed by atoms with Crippen LogP contribution in [0.25, 0.3) is 0 Å². The van der Waals surface area contributed by atoms with E-state index < -0.39 is 0 Å². The first-order chi connectivity index (χ1) is 10.2. The predicted molar refractivity (Wildman–Crippen MR) is 84.2 cm³/mol. The second-order valence-corrected chi connectivity index (χ2v) is 6.29. The molecule has 21 heavy (non-hydrogen) atoms. The summed E-state index contributed by atoms with van der Waals surface area (Å²) in [6, 6.07) is 8.47. The fourth-order valence-corrected chi connectivity index (χ4v) is 3.59. The summed E-state index contributed by atoms with van der Waals surface area (Å²) < 4.78 is 0. The zero-order chi connectivity index (χ0) is 14.8. The normalized spacial score (nSPS) is 18.2. The Kier molecular flexibility index (Phi) is 4.03. The van der Waals surface area contributed by atoms with Gasteiger partial charge in [-0.3, -0.25) is 4.79 Å². The summed E-state index contributed by atoms with van der Waals surface area (Å²) in [4.78, 5) is 19.0. The monoisotopic (exact) mass is 301 g/mol. The third kappa shape index (κ3) is 2.71. The van der Waals surface area contributed by atoms with Crippen LogP contribution in [0, 0.1) is 6.92 Å². The van der Waals surface area contributed by atoms with Crippen LogP contribution >= 0.6 is 11.3 Å². The lowest BCUT2D eigenvalue weighted by molar-refractivity contribution is 0.0730. The maximum absolute atomic E-state index is 12.7. The number of amides is 1. The minimum Gasteiger partial charge on any atom is -0.330 e. The van der Waals surface area contributed by atoms with Crippen molar-refractivity contribution >= 4 is 17.2 Å². The number of hydrogen-bond acceptors (Lipinski definition) is 4. The number of aromatic nitrogens is 1. The molecule has 1 saturated heterocycles. The Balaban J connectivity index is 1.87. The van der Waals surface area contributed by atoms with E-state index in [0.29, 0.717) is 12.2 Å². The van der Waals surface area contributed by atoms with E-state index in [0.717, 1.165) is 24.4 Å². The minimum atomic E-state index is 0.0247. The number of rotatable bonds is 3. The highest BCUT2D eigenvalue weighted by Crippen LogP contribution is 2.34. The summed E-state index contributed by atoms with van der Waals surface area (Å²) in [6.45, 7) is 3.29. The smallest absolute Gasteiger partial charge is 0.273 e. The number of likely N-dealkylation sites (tertiary alicyclic amines) is 1. The standard InChI is InChI=1S/C16H19N3OS/c1-11-5-2-3-6-12(11)14-7-4-8-19(14)16(20)13-10-21-15(9-17)18-13/h2-3,5-6,10,14H,4,7-9,17H2,1H3. The number of thiazole rings is 1. The van der Waals surface area contributed by atoms with Crippen molar-refractivity contribution in [3.63, 3.8) is 0 Å². The quantitative estimate of drug-likeness (QED) is 0.948. The van der Waals surface area contributed by atoms with Crippen LogP contribution in [-0.2, 0) is 6.54 Å². The van der Waals surface area contributed by atoms with E-state index in [1.54, 1.807) is 0 Å². The van der Waals surface area contributed by atoms with Gasteiger partial charge in [0, 0.05) is 18.5 Å². The molecule has 1 amide bonds. The van der Waals surface area contributed by atoms with Gasteiger partial charge >= 0.3 is 0 Å². The van der Waals surface area contributed by atoms with Crippen molar-refractivity contribution in [3.05, 3.63) is 51.5 Å². The molecule has 2 N–H and O–H groups in total. The van der Waals surface area contributed by atoms with Crippen LogP contribution in [0.1, 0.15) is 45.5 Å². The number of aryl methyl sites for hydroxylation is 1. The van der Waals surface area contributed by atoms with Crippen molar-refractivity contribution in [2.45, 2.75) is 32.4 Å². The summed E-state index contributed by atoms with van der Waals surface area (Å²) >= 11 is 1.45. The van der Waals surface area contributed by atoms with Crippen LogP contribution in [0.4, 0.5) is 0 Å². The van der Waals surface area contributed by atoms with E-state index in [-0.39, 0.29) is 11.9 Å². The summed E-state index contributed by atoms with van der Waals surface area (Å²) in [5.41, 5.74) is 8.59. The largest absolute Gasteiger partial charge is 0.330 e. The molecule has 1 unspecified atom stereocenters. The molecule has 0 bridgehead atoms. The highest BCUT2D eigenvalue weighted by atomic mass is 32.1. The molecule has 0 spiro atoms. The minimum absolute atomic E-state index is 0.0247. The number of carbonyl (C=O) groups excluding carboxylic acids is 1. The average molecular weight is 301 g/mol. The number of hydrogen-bond donors (Lipinski definition) is 1. The third-order valence-electron chi connectivity index (χ3n) is 4.01. The SMILES string of the molecule is Cc1ccccc1C1CCCN1C(=O)c1csc(CN)n1. The Morgan fingerprint density at radius 2 is 2.29 bits per heavy atom. The van der Waals surface area contributed by atoms with E-state index in [1.165, 1.54) is 22.5 Å². The van der Waals surface area contributed by atoms with Crippen molar-refractivity contribution in [2.75, 3.05) is 6.54 Å². The molecule has 2 heterocycles. The third-order valence-corrected chi connectivity index (χ3v) is 4.88. The Hall–Kier alpha value is -1.72. The van der Waals surface area contributed by atoms with E-state index >= 15 is 0 Å². The molecule has 4 nitrogen and oxygen atoms in total. The van der Waals surface area contributed by atoms with Crippen molar-refractivity contribution in [1.29, 1.82) is 0 Å². The molecule has 3 rings (SSSR count). The molecule has 1 atom stereocenters. The molecule has 2 aromatic rings. The van der Waals surface area contributed by atoms with Gasteiger partial charge in [0.05, 0.1) is 6.04 Å². The zero-order valence-electron chi connectivity index (χ0n) is 12.1. The summed E-state index contributed by atoms with van der Waals surface area (Å²) in [7, 11) is 0. The molecule has 110 valence electrons. The van der Waals surface area contributed by atoms with Gasteiger partial charge in [-0.15, -0.1) is 11.3 Å². The Bertz CT molecular complexity index is 652. The molecular weight excluding hydrogens is 282 g/mol. The van der Waals surface area contributed by atoms with Gasteiger partial charge in [-0.25, -0.2) is 4.98 Å². The van der Waals surface area contributed by atoms with Crippen molar-refractivity contribution in [1.82, 2.24) is 9.88 Å². The molecule has 1 aliphatic heterocycles. The van der Waals surface area contributed by atoms with Crippen LogP contribution in [0.2, 0.25) is 0 Å². The van der Waals surface area contributed by atoms with Crippen LogP contribution in [-0.4, -0.2) is 22.3 Å². The number of nitrogens with zero attached hydrogens (tertiary/aromatic N) is 2. The summed E-state index contributed by atoms with van der Waals surface area (Å²) in [5, 5.41) is 2.63. The van der Waals surface area contributed by atoms with Gasteiger partial charge < -0.3 is 10.6 Å². The Morgan fingerprint density at radius 1 is 1.48 bits per heavy atom. The van der Waals surface area contributed by atoms with Crippen LogP contribution < -0.4 is 5.73 Å². The van der Waals surface area contributed by atoms with Gasteiger partial charge in [0.15, 0.2) is 0 Å². The van der Waals surface area contributed by atoms with Crippen LogP contribution in [0.3, 0.4) is 0 Å². The lowest BCUT2D eigenvalue weighted by atomic mass is 9.99. The molecule has 1 fully saturated rings. The predicted octanol–water partition coefficient (Wildman–Crippen LogP) is 2.89. The van der Waals surface area contributed by atoms with Crippen molar-refractivity contribution in [3.8, 4) is 0 Å². The highest BCUT2D eigenvalue weighted by Gasteiger charge is 2.32. The van der Waals surface area contributed by atoms with Gasteiger partial charge in [0.25, 0.3) is 5.91 Å². The van der Waals surface area contributed by atoms with Gasteiger partial charge in [0.1, 0.15) is 10.7 Å². The fourth-order valence-electron chi connectivity index (χ4n) is 2.94. The fraction of sp³-hybridized carbons (Fsp3) is 0.375. The lowest BCUT2D eigenvalue weighted by Crippen LogP contribution is -2.31. The maximum atomic E-state index is 12.7. The van der Waals surface area contributed by atoms with Gasteiger partial charge in [-0.1, -0.05) is 24.3 Å². The van der Waals surface area contributed by atoms with Crippen LogP contribution in [0.5, 0.6) is 0 Å². The van der Waals surface area contributed by atoms with Gasteiger partial charge in [0.2, 0.25) is 0 Å². The zero-order valence-corrected chi connectivity index (χ0v) is 12.9. The second-order valence-electron chi connectivity index (χ2n) is 5.34. The van der Waals surface area contributed by atoms with Crippen molar-refractivity contribution in [2.24, 2.45) is 5.73 Å². The van der Waals surface area contributed by atoms with Crippen LogP contribution in [0.15, 0.2) is 29.6 Å². The second kappa shape index (κ2) is 5.95. The first-order valence-corrected chi connectivity index (χ1v) is 8.09. The maximum Gasteiger partial charge on any atom is 0.273 e.